The van der Waals surface area contributed by atoms with Crippen LogP contribution in [-0.2, 0) is 12.8 Å². The van der Waals surface area contributed by atoms with E-state index in [1.54, 1.807) is 12.1 Å². The standard InChI is InChI=1S/C17H20ClFN2/c1-12-4-2-5-13(10-12)8-9-14(21-20)11-15-16(18)6-3-7-17(15)19/h2-7,10,14,21H,8-9,11,20H2,1H3. The van der Waals surface area contributed by atoms with Gasteiger partial charge >= 0.3 is 0 Å². The van der Waals surface area contributed by atoms with Crippen molar-refractivity contribution in [1.82, 2.24) is 5.43 Å². The van der Waals surface area contributed by atoms with E-state index in [0.717, 1.165) is 12.8 Å². The van der Waals surface area contributed by atoms with Crippen molar-refractivity contribution in [2.75, 3.05) is 0 Å². The number of nitrogens with one attached hydrogen (secondary N) is 1. The fraction of sp³-hybridized carbons (Fsp3) is 0.294. The second-order valence-corrected chi connectivity index (χ2v) is 5.70. The molecule has 1 unspecified atom stereocenters. The molecule has 0 saturated carbocycles. The smallest absolute Gasteiger partial charge is 0.127 e. The van der Waals surface area contributed by atoms with Crippen molar-refractivity contribution < 1.29 is 4.39 Å². The molecule has 0 aliphatic carbocycles. The van der Waals surface area contributed by atoms with Crippen LogP contribution >= 0.6 is 11.6 Å². The summed E-state index contributed by atoms with van der Waals surface area (Å²) in [4.78, 5) is 0. The van der Waals surface area contributed by atoms with Crippen molar-refractivity contribution in [2.24, 2.45) is 5.84 Å². The predicted octanol–water partition coefficient (Wildman–Crippen LogP) is 3.79. The Balaban J connectivity index is 2.00. The van der Waals surface area contributed by atoms with Crippen LogP contribution in [0.25, 0.3) is 0 Å². The van der Waals surface area contributed by atoms with Crippen LogP contribution in [-0.4, -0.2) is 6.04 Å². The lowest BCUT2D eigenvalue weighted by atomic mass is 9.98. The van der Waals surface area contributed by atoms with Gasteiger partial charge in [0.2, 0.25) is 0 Å². The van der Waals surface area contributed by atoms with Gasteiger partial charge in [0.15, 0.2) is 0 Å². The molecule has 0 heterocycles. The van der Waals surface area contributed by atoms with E-state index in [-0.39, 0.29) is 11.9 Å². The summed E-state index contributed by atoms with van der Waals surface area (Å²) in [6.07, 6.45) is 2.20. The first kappa shape index (κ1) is 16.0. The number of hydrogen-bond donors (Lipinski definition) is 2. The summed E-state index contributed by atoms with van der Waals surface area (Å²) >= 11 is 6.06. The largest absolute Gasteiger partial charge is 0.271 e. The van der Waals surface area contributed by atoms with Gasteiger partial charge in [-0.25, -0.2) is 4.39 Å². The summed E-state index contributed by atoms with van der Waals surface area (Å²) in [7, 11) is 0. The molecule has 2 nitrogen and oxygen atoms in total. The normalized spacial score (nSPS) is 12.4. The molecular formula is C17H20ClFN2. The Morgan fingerprint density at radius 3 is 2.67 bits per heavy atom. The maximum Gasteiger partial charge on any atom is 0.127 e. The van der Waals surface area contributed by atoms with Crippen molar-refractivity contribution in [3.05, 3.63) is 70.0 Å². The first-order valence-corrected chi connectivity index (χ1v) is 7.42. The van der Waals surface area contributed by atoms with Gasteiger partial charge in [-0.15, -0.1) is 0 Å². The average Bonchev–Trinajstić information content (AvgIpc) is 2.46. The van der Waals surface area contributed by atoms with E-state index in [0.29, 0.717) is 17.0 Å². The zero-order valence-corrected chi connectivity index (χ0v) is 12.8. The summed E-state index contributed by atoms with van der Waals surface area (Å²) in [5.74, 6) is 5.32. The second-order valence-electron chi connectivity index (χ2n) is 5.30. The van der Waals surface area contributed by atoms with Gasteiger partial charge in [0.05, 0.1) is 0 Å². The van der Waals surface area contributed by atoms with Gasteiger partial charge in [0.25, 0.3) is 0 Å². The zero-order chi connectivity index (χ0) is 15.2. The monoisotopic (exact) mass is 306 g/mol. The quantitative estimate of drug-likeness (QED) is 0.629. The second kappa shape index (κ2) is 7.55. The minimum Gasteiger partial charge on any atom is -0.271 e. The van der Waals surface area contributed by atoms with E-state index in [1.165, 1.54) is 17.2 Å². The fourth-order valence-corrected chi connectivity index (χ4v) is 2.67. The van der Waals surface area contributed by atoms with Crippen molar-refractivity contribution in [3.8, 4) is 0 Å². The van der Waals surface area contributed by atoms with Gasteiger partial charge in [-0.3, -0.25) is 11.3 Å². The third-order valence-electron chi connectivity index (χ3n) is 3.61. The van der Waals surface area contributed by atoms with Gasteiger partial charge in [0.1, 0.15) is 5.82 Å². The van der Waals surface area contributed by atoms with Crippen LogP contribution < -0.4 is 11.3 Å². The van der Waals surface area contributed by atoms with Crippen LogP contribution in [0.1, 0.15) is 23.1 Å². The molecule has 4 heteroatoms. The molecule has 2 aromatic rings. The van der Waals surface area contributed by atoms with E-state index < -0.39 is 0 Å². The van der Waals surface area contributed by atoms with Gasteiger partial charge < -0.3 is 0 Å². The maximum absolute atomic E-state index is 13.8. The molecule has 0 saturated heterocycles. The molecule has 21 heavy (non-hydrogen) atoms. The molecule has 0 bridgehead atoms. The predicted molar refractivity (Wildman–Crippen MR) is 85.7 cm³/mol. The van der Waals surface area contributed by atoms with Gasteiger partial charge in [-0.05, 0) is 43.9 Å². The Morgan fingerprint density at radius 1 is 1.24 bits per heavy atom. The van der Waals surface area contributed by atoms with Crippen LogP contribution in [0.5, 0.6) is 0 Å². The van der Waals surface area contributed by atoms with Crippen molar-refractivity contribution in [3.63, 3.8) is 0 Å². The Labute approximate surface area is 130 Å². The number of halogens is 2. The number of nitrogens with two attached hydrogens (primary N) is 1. The minimum absolute atomic E-state index is 0.0140. The van der Waals surface area contributed by atoms with Crippen molar-refractivity contribution >= 4 is 11.6 Å². The zero-order valence-electron chi connectivity index (χ0n) is 12.1. The number of hydrazine groups is 1. The van der Waals surface area contributed by atoms with E-state index in [1.807, 2.05) is 6.07 Å². The van der Waals surface area contributed by atoms with Crippen LogP contribution in [0, 0.1) is 12.7 Å². The first-order valence-electron chi connectivity index (χ1n) is 7.04. The van der Waals surface area contributed by atoms with E-state index in [4.69, 9.17) is 17.4 Å². The Bertz CT molecular complexity index is 581. The SMILES string of the molecule is Cc1cccc(CCC(Cc2c(F)cccc2Cl)NN)c1. The lowest BCUT2D eigenvalue weighted by molar-refractivity contribution is 0.480. The molecule has 3 N–H and O–H groups in total. The average molecular weight is 307 g/mol. The summed E-state index contributed by atoms with van der Waals surface area (Å²) < 4.78 is 13.8. The van der Waals surface area contributed by atoms with Gasteiger partial charge in [-0.1, -0.05) is 47.5 Å². The highest BCUT2D eigenvalue weighted by Gasteiger charge is 2.14. The number of hydrogen-bond acceptors (Lipinski definition) is 2. The summed E-state index contributed by atoms with van der Waals surface area (Å²) in [5, 5.41) is 0.450. The third kappa shape index (κ3) is 4.53. The highest BCUT2D eigenvalue weighted by molar-refractivity contribution is 6.31. The lowest BCUT2D eigenvalue weighted by Gasteiger charge is -2.17. The molecule has 2 aromatic carbocycles. The topological polar surface area (TPSA) is 38.0 Å². The molecule has 0 spiro atoms. The van der Waals surface area contributed by atoms with Crippen LogP contribution in [0.15, 0.2) is 42.5 Å². The maximum atomic E-state index is 13.8. The van der Waals surface area contributed by atoms with E-state index in [9.17, 15) is 4.39 Å². The molecule has 0 aliphatic heterocycles. The molecule has 0 fully saturated rings. The van der Waals surface area contributed by atoms with Crippen LogP contribution in [0.4, 0.5) is 4.39 Å². The molecule has 0 aromatic heterocycles. The minimum atomic E-state index is -0.279. The molecule has 1 atom stereocenters. The Kier molecular flexibility index (Phi) is 5.74. The Hall–Kier alpha value is -1.42. The van der Waals surface area contributed by atoms with E-state index >= 15 is 0 Å². The lowest BCUT2D eigenvalue weighted by Crippen LogP contribution is -2.37. The summed E-state index contributed by atoms with van der Waals surface area (Å²) in [6, 6.07) is 13.1. The highest BCUT2D eigenvalue weighted by Crippen LogP contribution is 2.21. The number of aryl methyl sites for hydroxylation is 2. The molecular weight excluding hydrogens is 287 g/mol. The van der Waals surface area contributed by atoms with Crippen molar-refractivity contribution in [2.45, 2.75) is 32.2 Å². The Morgan fingerprint density at radius 2 is 2.00 bits per heavy atom. The summed E-state index contributed by atoms with van der Waals surface area (Å²) in [5.41, 5.74) is 5.78. The molecule has 2 rings (SSSR count). The fourth-order valence-electron chi connectivity index (χ4n) is 2.43. The van der Waals surface area contributed by atoms with Crippen molar-refractivity contribution in [1.29, 1.82) is 0 Å². The van der Waals surface area contributed by atoms with Gasteiger partial charge in [-0.2, -0.15) is 0 Å². The van der Waals surface area contributed by atoms with Crippen LogP contribution in [0.3, 0.4) is 0 Å². The van der Waals surface area contributed by atoms with Gasteiger partial charge in [0, 0.05) is 16.6 Å². The summed E-state index contributed by atoms with van der Waals surface area (Å²) in [6.45, 7) is 2.07. The molecule has 0 amide bonds. The molecule has 0 aliphatic rings. The first-order chi connectivity index (χ1) is 10.1. The van der Waals surface area contributed by atoms with Crippen LogP contribution in [0.2, 0.25) is 5.02 Å². The number of benzene rings is 2. The number of rotatable bonds is 6. The molecule has 0 radical (unpaired) electrons. The molecule has 112 valence electrons. The highest BCUT2D eigenvalue weighted by atomic mass is 35.5. The van der Waals surface area contributed by atoms with E-state index in [2.05, 4.69) is 30.5 Å². The third-order valence-corrected chi connectivity index (χ3v) is 3.97.